The number of halogens is 1. The van der Waals surface area contributed by atoms with Crippen molar-refractivity contribution in [1.29, 1.82) is 5.26 Å². The maximum Gasteiger partial charge on any atom is 0.391 e. The molecule has 2 heterocycles. The van der Waals surface area contributed by atoms with Gasteiger partial charge >= 0.3 is 7.60 Å². The average Bonchev–Trinajstić information content (AvgIpc) is 3.24. The lowest BCUT2D eigenvalue weighted by atomic mass is 10.2. The number of thiophene rings is 2. The van der Waals surface area contributed by atoms with E-state index in [1.165, 1.54) is 17.4 Å². The molecule has 2 N–H and O–H groups in total. The highest BCUT2D eigenvalue weighted by Crippen LogP contribution is 2.42. The second-order valence-electron chi connectivity index (χ2n) is 5.68. The molecular formula is C15H11FN5O5PS3. The Bertz CT molecular complexity index is 1330. The molecule has 0 saturated carbocycles. The van der Waals surface area contributed by atoms with Gasteiger partial charge in [-0.1, -0.05) is 5.11 Å². The van der Waals surface area contributed by atoms with Crippen LogP contribution in [0.1, 0.15) is 10.4 Å². The lowest BCUT2D eigenvalue weighted by molar-refractivity contribution is 0.377. The van der Waals surface area contributed by atoms with Gasteiger partial charge in [0.15, 0.2) is 0 Å². The monoisotopic (exact) mass is 487 g/mol. The van der Waals surface area contributed by atoms with E-state index >= 15 is 0 Å². The third kappa shape index (κ3) is 5.16. The summed E-state index contributed by atoms with van der Waals surface area (Å²) in [7, 11) is -8.60. The summed E-state index contributed by atoms with van der Waals surface area (Å²) >= 11 is 2.22. The van der Waals surface area contributed by atoms with Gasteiger partial charge in [-0.25, -0.2) is 17.4 Å². The maximum absolute atomic E-state index is 13.6. The van der Waals surface area contributed by atoms with Gasteiger partial charge in [-0.15, -0.1) is 22.7 Å². The van der Waals surface area contributed by atoms with E-state index in [1.807, 2.05) is 4.72 Å². The van der Waals surface area contributed by atoms with Crippen molar-refractivity contribution in [1.82, 2.24) is 4.72 Å². The van der Waals surface area contributed by atoms with Gasteiger partial charge in [0.05, 0.1) is 12.1 Å². The summed E-state index contributed by atoms with van der Waals surface area (Å²) in [5, 5.41) is 12.1. The van der Waals surface area contributed by atoms with Gasteiger partial charge < -0.3 is 9.42 Å². The van der Waals surface area contributed by atoms with Gasteiger partial charge in [0.2, 0.25) is 0 Å². The van der Waals surface area contributed by atoms with Gasteiger partial charge in [0, 0.05) is 25.3 Å². The number of benzene rings is 1. The largest absolute Gasteiger partial charge is 0.424 e. The van der Waals surface area contributed by atoms with Crippen LogP contribution in [0.15, 0.2) is 39.7 Å². The van der Waals surface area contributed by atoms with Crippen LogP contribution in [0.3, 0.4) is 0 Å². The SMILES string of the molecule is N#Cc1ccc(OP(=O)(O)CNS(=O)(=O)c2cc3sc(CN=[N+]=[N-])cc3s2)cc1F. The first-order valence-corrected chi connectivity index (χ1v) is 12.8. The van der Waals surface area contributed by atoms with E-state index < -0.39 is 29.7 Å². The fraction of sp³-hybridized carbons (Fsp3) is 0.133. The van der Waals surface area contributed by atoms with E-state index in [1.54, 1.807) is 12.1 Å². The van der Waals surface area contributed by atoms with Crippen LogP contribution >= 0.6 is 30.3 Å². The Morgan fingerprint density at radius 2 is 2.07 bits per heavy atom. The van der Waals surface area contributed by atoms with Gasteiger partial charge in [0.1, 0.15) is 28.1 Å². The summed E-state index contributed by atoms with van der Waals surface area (Å²) in [6.07, 6.45) is -0.940. The van der Waals surface area contributed by atoms with E-state index in [2.05, 4.69) is 10.0 Å². The lowest BCUT2D eigenvalue weighted by Gasteiger charge is -2.14. The molecule has 0 aliphatic carbocycles. The van der Waals surface area contributed by atoms with Crippen LogP contribution in [0.2, 0.25) is 0 Å². The molecule has 1 atom stereocenters. The molecule has 0 aliphatic rings. The maximum atomic E-state index is 13.6. The highest BCUT2D eigenvalue weighted by atomic mass is 32.2. The topological polar surface area (TPSA) is 165 Å². The Morgan fingerprint density at radius 1 is 1.33 bits per heavy atom. The van der Waals surface area contributed by atoms with E-state index in [0.717, 1.165) is 34.4 Å². The predicted octanol–water partition coefficient (Wildman–Crippen LogP) is 4.28. The molecule has 1 aromatic carbocycles. The Labute approximate surface area is 177 Å². The number of rotatable bonds is 8. The van der Waals surface area contributed by atoms with Crippen LogP contribution in [-0.2, 0) is 21.1 Å². The summed E-state index contributed by atoms with van der Waals surface area (Å²) in [6.45, 7) is 0.157. The first-order chi connectivity index (χ1) is 14.1. The molecule has 156 valence electrons. The van der Waals surface area contributed by atoms with Crippen LogP contribution in [0.25, 0.3) is 19.8 Å². The predicted molar refractivity (Wildman–Crippen MR) is 109 cm³/mol. The number of azide groups is 1. The molecule has 30 heavy (non-hydrogen) atoms. The Balaban J connectivity index is 1.70. The minimum atomic E-state index is -4.49. The fourth-order valence-corrected chi connectivity index (χ4v) is 7.54. The van der Waals surface area contributed by atoms with Crippen LogP contribution in [0.5, 0.6) is 5.75 Å². The first kappa shape index (κ1) is 22.2. The molecule has 0 radical (unpaired) electrons. The molecule has 0 spiro atoms. The van der Waals surface area contributed by atoms with E-state index in [-0.39, 0.29) is 22.1 Å². The van der Waals surface area contributed by atoms with Crippen molar-refractivity contribution in [3.63, 3.8) is 0 Å². The number of sulfonamides is 1. The molecule has 15 heteroatoms. The Hall–Kier alpha value is -2.49. The molecule has 0 aliphatic heterocycles. The second kappa shape index (κ2) is 8.71. The molecule has 0 saturated heterocycles. The number of hydrogen-bond acceptors (Lipinski definition) is 8. The van der Waals surface area contributed by atoms with Crippen molar-refractivity contribution >= 4 is 49.7 Å². The van der Waals surface area contributed by atoms with Crippen LogP contribution in [-0.4, -0.2) is 19.6 Å². The fourth-order valence-electron chi connectivity index (χ4n) is 2.25. The summed E-state index contributed by atoms with van der Waals surface area (Å²) in [5.41, 5.74) is 8.08. The number of hydrogen-bond donors (Lipinski definition) is 2. The quantitative estimate of drug-likeness (QED) is 0.208. The molecular weight excluding hydrogens is 476 g/mol. The highest BCUT2D eigenvalue weighted by Gasteiger charge is 2.27. The molecule has 0 amide bonds. The first-order valence-electron chi connectivity index (χ1n) is 7.87. The summed E-state index contributed by atoms with van der Waals surface area (Å²) in [5.74, 6) is -1.25. The van der Waals surface area contributed by atoms with Crippen molar-refractivity contribution in [2.45, 2.75) is 10.8 Å². The van der Waals surface area contributed by atoms with Crippen molar-refractivity contribution < 1.29 is 26.8 Å². The van der Waals surface area contributed by atoms with Gasteiger partial charge in [0.25, 0.3) is 10.0 Å². The zero-order chi connectivity index (χ0) is 21.9. The average molecular weight is 487 g/mol. The number of fused-ring (bicyclic) bond motifs is 1. The second-order valence-corrected chi connectivity index (χ2v) is 11.7. The molecule has 1 unspecified atom stereocenters. The number of nitrogens with zero attached hydrogens (tertiary/aromatic N) is 4. The minimum absolute atomic E-state index is 0.0662. The molecule has 10 nitrogen and oxygen atoms in total. The molecule has 2 aromatic heterocycles. The standard InChI is InChI=1S/C15H11FN5O5PS3/c16-12-3-10(2-1-9(12)6-17)26-27(22,23)8-20-30(24,25)15-5-14-13(29-15)4-11(28-14)7-19-21-18/h1-5,20H,7-8H2,(H,22,23). The van der Waals surface area contributed by atoms with Crippen LogP contribution in [0, 0.1) is 17.1 Å². The molecule has 0 bridgehead atoms. The summed E-state index contributed by atoms with van der Waals surface area (Å²) in [6, 6.07) is 7.67. The Kier molecular flexibility index (Phi) is 6.44. The molecule has 0 fully saturated rings. The normalized spacial score (nSPS) is 13.4. The molecule has 3 aromatic rings. The van der Waals surface area contributed by atoms with Crippen molar-refractivity contribution in [2.24, 2.45) is 5.11 Å². The summed E-state index contributed by atoms with van der Waals surface area (Å²) < 4.78 is 58.7. The zero-order valence-corrected chi connectivity index (χ0v) is 18.1. The van der Waals surface area contributed by atoms with Crippen molar-refractivity contribution in [3.8, 4) is 11.8 Å². The van der Waals surface area contributed by atoms with Crippen molar-refractivity contribution in [3.05, 3.63) is 57.0 Å². The minimum Gasteiger partial charge on any atom is -0.424 e. The third-order valence-electron chi connectivity index (χ3n) is 3.55. The highest BCUT2D eigenvalue weighted by molar-refractivity contribution is 7.92. The number of nitriles is 1. The third-order valence-corrected chi connectivity index (χ3v) is 8.97. The smallest absolute Gasteiger partial charge is 0.391 e. The Morgan fingerprint density at radius 3 is 2.70 bits per heavy atom. The zero-order valence-electron chi connectivity index (χ0n) is 14.7. The van der Waals surface area contributed by atoms with Crippen molar-refractivity contribution in [2.75, 3.05) is 6.29 Å². The van der Waals surface area contributed by atoms with E-state index in [4.69, 9.17) is 15.3 Å². The van der Waals surface area contributed by atoms with Gasteiger partial charge in [-0.05, 0) is 29.8 Å². The summed E-state index contributed by atoms with van der Waals surface area (Å²) in [4.78, 5) is 13.3. The van der Waals surface area contributed by atoms with Gasteiger partial charge in [-0.2, -0.15) is 9.98 Å². The van der Waals surface area contributed by atoms with Crippen LogP contribution in [0.4, 0.5) is 4.39 Å². The van der Waals surface area contributed by atoms with E-state index in [0.29, 0.717) is 9.40 Å². The van der Waals surface area contributed by atoms with Crippen LogP contribution < -0.4 is 9.25 Å². The molecule has 3 rings (SSSR count). The number of nitrogens with one attached hydrogen (secondary N) is 1. The van der Waals surface area contributed by atoms with Gasteiger partial charge in [-0.3, -0.25) is 0 Å². The lowest BCUT2D eigenvalue weighted by Crippen LogP contribution is -2.25. The van der Waals surface area contributed by atoms with E-state index in [9.17, 15) is 22.3 Å².